The van der Waals surface area contributed by atoms with Gasteiger partial charge >= 0.3 is 0 Å². The minimum absolute atomic E-state index is 0.00235. The van der Waals surface area contributed by atoms with Crippen LogP contribution in [0.5, 0.6) is 0 Å². The molecule has 0 spiro atoms. The molecular formula is C17H14F2N4O. The SMILES string of the molecule is O=C(Cc1nc(-c2ccccc2)n[nH]1)NCc1cc(F)cc(F)c1. The van der Waals surface area contributed by atoms with Gasteiger partial charge in [-0.1, -0.05) is 30.3 Å². The van der Waals surface area contributed by atoms with Gasteiger partial charge in [0, 0.05) is 18.2 Å². The summed E-state index contributed by atoms with van der Waals surface area (Å²) < 4.78 is 26.2. The zero-order valence-corrected chi connectivity index (χ0v) is 12.6. The number of carbonyl (C=O) groups is 1. The summed E-state index contributed by atoms with van der Waals surface area (Å²) >= 11 is 0. The van der Waals surface area contributed by atoms with Crippen molar-refractivity contribution in [3.63, 3.8) is 0 Å². The van der Waals surface area contributed by atoms with Crippen molar-refractivity contribution < 1.29 is 13.6 Å². The molecule has 0 aliphatic carbocycles. The topological polar surface area (TPSA) is 70.7 Å². The number of H-pyrrole nitrogens is 1. The van der Waals surface area contributed by atoms with Crippen LogP contribution >= 0.6 is 0 Å². The van der Waals surface area contributed by atoms with Crippen LogP contribution in [-0.2, 0) is 17.8 Å². The fourth-order valence-corrected chi connectivity index (χ4v) is 2.22. The maximum absolute atomic E-state index is 13.1. The zero-order valence-electron chi connectivity index (χ0n) is 12.6. The van der Waals surface area contributed by atoms with E-state index < -0.39 is 11.6 Å². The van der Waals surface area contributed by atoms with Crippen LogP contribution in [-0.4, -0.2) is 21.1 Å². The summed E-state index contributed by atoms with van der Waals surface area (Å²) in [4.78, 5) is 16.2. The van der Waals surface area contributed by atoms with Crippen molar-refractivity contribution in [2.45, 2.75) is 13.0 Å². The van der Waals surface area contributed by atoms with Gasteiger partial charge in [0.2, 0.25) is 5.91 Å². The van der Waals surface area contributed by atoms with Gasteiger partial charge < -0.3 is 5.32 Å². The summed E-state index contributed by atoms with van der Waals surface area (Å²) in [5.41, 5.74) is 1.19. The van der Waals surface area contributed by atoms with E-state index in [0.717, 1.165) is 11.6 Å². The van der Waals surface area contributed by atoms with E-state index >= 15 is 0 Å². The number of halogens is 2. The van der Waals surface area contributed by atoms with E-state index in [1.54, 1.807) is 0 Å². The molecule has 0 saturated carbocycles. The predicted octanol–water partition coefficient (Wildman–Crippen LogP) is 2.61. The average Bonchev–Trinajstić information content (AvgIpc) is 3.01. The molecule has 7 heteroatoms. The number of amides is 1. The van der Waals surface area contributed by atoms with E-state index in [2.05, 4.69) is 20.5 Å². The lowest BCUT2D eigenvalue weighted by molar-refractivity contribution is -0.120. The quantitative estimate of drug-likeness (QED) is 0.756. The first-order chi connectivity index (χ1) is 11.6. The first-order valence-corrected chi connectivity index (χ1v) is 7.28. The van der Waals surface area contributed by atoms with Gasteiger partial charge in [0.1, 0.15) is 17.5 Å². The molecule has 5 nitrogen and oxygen atoms in total. The second-order valence-electron chi connectivity index (χ2n) is 5.20. The van der Waals surface area contributed by atoms with Crippen LogP contribution in [0.15, 0.2) is 48.5 Å². The number of hydrogen-bond donors (Lipinski definition) is 2. The number of nitrogens with zero attached hydrogens (tertiary/aromatic N) is 2. The molecule has 122 valence electrons. The Balaban J connectivity index is 1.58. The van der Waals surface area contributed by atoms with Gasteiger partial charge in [-0.05, 0) is 17.7 Å². The van der Waals surface area contributed by atoms with Crippen LogP contribution in [0, 0.1) is 11.6 Å². The summed E-state index contributed by atoms with van der Waals surface area (Å²) in [6, 6.07) is 12.5. The normalized spacial score (nSPS) is 10.6. The van der Waals surface area contributed by atoms with Gasteiger partial charge in [-0.25, -0.2) is 13.8 Å². The maximum Gasteiger partial charge on any atom is 0.227 e. The third-order valence-corrected chi connectivity index (χ3v) is 3.30. The van der Waals surface area contributed by atoms with Crippen molar-refractivity contribution in [2.75, 3.05) is 0 Å². The minimum Gasteiger partial charge on any atom is -0.352 e. The van der Waals surface area contributed by atoms with Crippen molar-refractivity contribution in [1.29, 1.82) is 0 Å². The molecule has 24 heavy (non-hydrogen) atoms. The second-order valence-corrected chi connectivity index (χ2v) is 5.20. The summed E-state index contributed by atoms with van der Waals surface area (Å²) in [5, 5.41) is 9.37. The first-order valence-electron chi connectivity index (χ1n) is 7.28. The van der Waals surface area contributed by atoms with E-state index in [1.165, 1.54) is 12.1 Å². The highest BCUT2D eigenvalue weighted by Crippen LogP contribution is 2.13. The van der Waals surface area contributed by atoms with Crippen LogP contribution in [0.3, 0.4) is 0 Å². The molecule has 0 unspecified atom stereocenters. The zero-order chi connectivity index (χ0) is 16.9. The lowest BCUT2D eigenvalue weighted by Crippen LogP contribution is -2.25. The minimum atomic E-state index is -0.679. The molecule has 0 aliphatic rings. The summed E-state index contributed by atoms with van der Waals surface area (Å²) in [7, 11) is 0. The van der Waals surface area contributed by atoms with Crippen molar-refractivity contribution in [2.24, 2.45) is 0 Å². The molecule has 3 aromatic rings. The highest BCUT2D eigenvalue weighted by Gasteiger charge is 2.10. The van der Waals surface area contributed by atoms with E-state index in [-0.39, 0.29) is 18.9 Å². The number of carbonyl (C=O) groups excluding carboxylic acids is 1. The molecule has 0 fully saturated rings. The lowest BCUT2D eigenvalue weighted by Gasteiger charge is -2.04. The standard InChI is InChI=1S/C17H14F2N4O/c18-13-6-11(7-14(19)8-13)10-20-16(24)9-15-21-17(23-22-15)12-4-2-1-3-5-12/h1-8H,9-10H2,(H,20,24)(H,21,22,23). The number of nitrogens with one attached hydrogen (secondary N) is 2. The Labute approximate surface area is 136 Å². The number of aromatic amines is 1. The number of aromatic nitrogens is 3. The number of rotatable bonds is 5. The Morgan fingerprint density at radius 3 is 2.50 bits per heavy atom. The molecular weight excluding hydrogens is 314 g/mol. The van der Waals surface area contributed by atoms with Gasteiger partial charge in [-0.15, -0.1) is 0 Å². The molecule has 0 atom stereocenters. The Bertz CT molecular complexity index is 829. The largest absolute Gasteiger partial charge is 0.352 e. The monoisotopic (exact) mass is 328 g/mol. The summed E-state index contributed by atoms with van der Waals surface area (Å²) in [6.45, 7) is 0.0349. The van der Waals surface area contributed by atoms with Crippen molar-refractivity contribution >= 4 is 5.91 Å². The number of hydrogen-bond acceptors (Lipinski definition) is 3. The van der Waals surface area contributed by atoms with Crippen LogP contribution in [0.1, 0.15) is 11.4 Å². The lowest BCUT2D eigenvalue weighted by atomic mass is 10.2. The highest BCUT2D eigenvalue weighted by molar-refractivity contribution is 5.77. The van der Waals surface area contributed by atoms with E-state index in [4.69, 9.17) is 0 Å². The molecule has 3 rings (SSSR count). The van der Waals surface area contributed by atoms with Crippen molar-refractivity contribution in [3.8, 4) is 11.4 Å². The van der Waals surface area contributed by atoms with E-state index in [1.807, 2.05) is 30.3 Å². The van der Waals surface area contributed by atoms with Crippen LogP contribution in [0.4, 0.5) is 8.78 Å². The highest BCUT2D eigenvalue weighted by atomic mass is 19.1. The van der Waals surface area contributed by atoms with Crippen molar-refractivity contribution in [3.05, 3.63) is 71.6 Å². The fourth-order valence-electron chi connectivity index (χ4n) is 2.22. The van der Waals surface area contributed by atoms with Gasteiger partial charge in [0.15, 0.2) is 5.82 Å². The molecule has 0 aliphatic heterocycles. The van der Waals surface area contributed by atoms with Crippen LogP contribution in [0.2, 0.25) is 0 Å². The molecule has 1 amide bonds. The second kappa shape index (κ2) is 6.99. The Kier molecular flexibility index (Phi) is 4.60. The van der Waals surface area contributed by atoms with Gasteiger partial charge in [-0.3, -0.25) is 9.89 Å². The number of benzene rings is 2. The molecule has 1 heterocycles. The fraction of sp³-hybridized carbons (Fsp3) is 0.118. The Morgan fingerprint density at radius 2 is 1.79 bits per heavy atom. The van der Waals surface area contributed by atoms with Crippen LogP contribution < -0.4 is 5.32 Å². The van der Waals surface area contributed by atoms with E-state index in [9.17, 15) is 13.6 Å². The van der Waals surface area contributed by atoms with Gasteiger partial charge in [0.25, 0.3) is 0 Å². The van der Waals surface area contributed by atoms with Crippen molar-refractivity contribution in [1.82, 2.24) is 20.5 Å². The molecule has 2 aromatic carbocycles. The Hall–Kier alpha value is -3.09. The molecule has 0 radical (unpaired) electrons. The molecule has 2 N–H and O–H groups in total. The third kappa shape index (κ3) is 4.01. The van der Waals surface area contributed by atoms with E-state index in [0.29, 0.717) is 17.2 Å². The summed E-state index contributed by atoms with van der Waals surface area (Å²) in [6.07, 6.45) is -0.00235. The van der Waals surface area contributed by atoms with Gasteiger partial charge in [-0.2, -0.15) is 5.10 Å². The third-order valence-electron chi connectivity index (χ3n) is 3.30. The van der Waals surface area contributed by atoms with Gasteiger partial charge in [0.05, 0.1) is 6.42 Å². The molecule has 0 saturated heterocycles. The maximum atomic E-state index is 13.1. The smallest absolute Gasteiger partial charge is 0.227 e. The average molecular weight is 328 g/mol. The van der Waals surface area contributed by atoms with Crippen LogP contribution in [0.25, 0.3) is 11.4 Å². The Morgan fingerprint density at radius 1 is 1.08 bits per heavy atom. The predicted molar refractivity (Wildman–Crippen MR) is 83.7 cm³/mol. The molecule has 1 aromatic heterocycles. The summed E-state index contributed by atoms with van der Waals surface area (Å²) in [5.74, 6) is -0.762. The molecule has 0 bridgehead atoms. The first kappa shape index (κ1) is 15.8.